The molecule has 1 spiro atoms. The van der Waals surface area contributed by atoms with E-state index in [-0.39, 0.29) is 11.3 Å². The number of fused-ring (bicyclic) bond motifs is 2. The molecular formula is C15H19BrN2O. The van der Waals surface area contributed by atoms with Gasteiger partial charge < -0.3 is 10.2 Å². The molecule has 2 heterocycles. The second kappa shape index (κ2) is 4.60. The van der Waals surface area contributed by atoms with Gasteiger partial charge in [0.2, 0.25) is 5.91 Å². The number of likely N-dealkylation sites (tertiary alicyclic amines) is 1. The Morgan fingerprint density at radius 1 is 1.32 bits per heavy atom. The molecule has 0 aromatic heterocycles. The van der Waals surface area contributed by atoms with Gasteiger partial charge in [-0.25, -0.2) is 0 Å². The first-order valence-corrected chi connectivity index (χ1v) is 7.68. The number of rotatable bonds is 1. The van der Waals surface area contributed by atoms with Crippen molar-refractivity contribution in [1.29, 1.82) is 0 Å². The summed E-state index contributed by atoms with van der Waals surface area (Å²) >= 11 is 3.52. The molecule has 2 aliphatic heterocycles. The van der Waals surface area contributed by atoms with Crippen molar-refractivity contribution in [3.63, 3.8) is 0 Å². The van der Waals surface area contributed by atoms with Gasteiger partial charge in [0.05, 0.1) is 5.41 Å². The molecule has 0 radical (unpaired) electrons. The molecule has 19 heavy (non-hydrogen) atoms. The highest BCUT2D eigenvalue weighted by Gasteiger charge is 2.48. The van der Waals surface area contributed by atoms with Crippen LogP contribution in [0.1, 0.15) is 32.3 Å². The first kappa shape index (κ1) is 13.1. The number of nitrogens with zero attached hydrogens (tertiary/aromatic N) is 1. The van der Waals surface area contributed by atoms with Gasteiger partial charge >= 0.3 is 0 Å². The summed E-state index contributed by atoms with van der Waals surface area (Å²) in [6.07, 6.45) is 1.83. The molecule has 1 fully saturated rings. The van der Waals surface area contributed by atoms with Crippen LogP contribution < -0.4 is 5.32 Å². The number of halogens is 1. The lowest BCUT2D eigenvalue weighted by molar-refractivity contribution is -0.122. The lowest BCUT2D eigenvalue weighted by Gasteiger charge is -2.39. The van der Waals surface area contributed by atoms with Crippen molar-refractivity contribution in [2.45, 2.75) is 38.1 Å². The fraction of sp³-hybridized carbons (Fsp3) is 0.533. The Balaban J connectivity index is 1.94. The SMILES string of the molecule is CC(C)N1CCC2(CC1)C(=O)Nc1ccc(Br)cc12. The fourth-order valence-corrected chi connectivity index (χ4v) is 3.67. The summed E-state index contributed by atoms with van der Waals surface area (Å²) in [5.41, 5.74) is 1.87. The lowest BCUT2D eigenvalue weighted by Crippen LogP contribution is -2.48. The minimum atomic E-state index is -0.301. The zero-order valence-corrected chi connectivity index (χ0v) is 13.0. The van der Waals surface area contributed by atoms with Crippen molar-refractivity contribution in [2.24, 2.45) is 0 Å². The molecule has 0 unspecified atom stereocenters. The zero-order chi connectivity index (χ0) is 13.6. The first-order chi connectivity index (χ1) is 9.03. The molecule has 3 nitrogen and oxygen atoms in total. The van der Waals surface area contributed by atoms with Gasteiger partial charge in [-0.3, -0.25) is 4.79 Å². The van der Waals surface area contributed by atoms with Gasteiger partial charge in [0.15, 0.2) is 0 Å². The maximum Gasteiger partial charge on any atom is 0.235 e. The summed E-state index contributed by atoms with van der Waals surface area (Å²) < 4.78 is 1.05. The van der Waals surface area contributed by atoms with Crippen LogP contribution in [-0.4, -0.2) is 29.9 Å². The van der Waals surface area contributed by atoms with E-state index in [9.17, 15) is 4.79 Å². The first-order valence-electron chi connectivity index (χ1n) is 6.88. The monoisotopic (exact) mass is 322 g/mol. The molecule has 1 N–H and O–H groups in total. The predicted octanol–water partition coefficient (Wildman–Crippen LogP) is 3.14. The average molecular weight is 323 g/mol. The van der Waals surface area contributed by atoms with Crippen LogP contribution in [-0.2, 0) is 10.2 Å². The number of carbonyl (C=O) groups excluding carboxylic acids is 1. The van der Waals surface area contributed by atoms with Crippen molar-refractivity contribution in [3.8, 4) is 0 Å². The smallest absolute Gasteiger partial charge is 0.235 e. The van der Waals surface area contributed by atoms with Crippen molar-refractivity contribution in [2.75, 3.05) is 18.4 Å². The minimum absolute atomic E-state index is 0.184. The molecule has 0 atom stereocenters. The minimum Gasteiger partial charge on any atom is -0.325 e. The molecule has 1 aromatic rings. The Labute approximate surface area is 122 Å². The van der Waals surface area contributed by atoms with E-state index in [4.69, 9.17) is 0 Å². The van der Waals surface area contributed by atoms with Crippen molar-refractivity contribution in [3.05, 3.63) is 28.2 Å². The van der Waals surface area contributed by atoms with E-state index in [2.05, 4.69) is 46.1 Å². The number of piperidine rings is 1. The summed E-state index contributed by atoms with van der Waals surface area (Å²) in [4.78, 5) is 14.9. The van der Waals surface area contributed by atoms with Crippen LogP contribution in [0.4, 0.5) is 5.69 Å². The number of nitrogens with one attached hydrogen (secondary N) is 1. The molecular weight excluding hydrogens is 304 g/mol. The van der Waals surface area contributed by atoms with E-state index in [1.807, 2.05) is 12.1 Å². The summed E-state index contributed by atoms with van der Waals surface area (Å²) in [5.74, 6) is 0.184. The Kier molecular flexibility index (Phi) is 3.18. The van der Waals surface area contributed by atoms with E-state index < -0.39 is 0 Å². The molecule has 102 valence electrons. The van der Waals surface area contributed by atoms with Gasteiger partial charge in [0, 0.05) is 16.2 Å². The Bertz CT molecular complexity index is 519. The van der Waals surface area contributed by atoms with Crippen LogP contribution in [0, 0.1) is 0 Å². The molecule has 0 saturated carbocycles. The summed E-state index contributed by atoms with van der Waals surface area (Å²) in [6, 6.07) is 6.66. The van der Waals surface area contributed by atoms with Crippen molar-refractivity contribution < 1.29 is 4.79 Å². The molecule has 0 bridgehead atoms. The number of hydrogen-bond donors (Lipinski definition) is 1. The van der Waals surface area contributed by atoms with Gasteiger partial charge in [-0.15, -0.1) is 0 Å². The molecule has 2 aliphatic rings. The third-order valence-electron chi connectivity index (χ3n) is 4.56. The average Bonchev–Trinajstić information content (AvgIpc) is 2.64. The Morgan fingerprint density at radius 3 is 2.63 bits per heavy atom. The third-order valence-corrected chi connectivity index (χ3v) is 5.06. The molecule has 1 aromatic carbocycles. The van der Waals surface area contributed by atoms with E-state index in [0.717, 1.165) is 36.1 Å². The predicted molar refractivity (Wildman–Crippen MR) is 80.4 cm³/mol. The molecule has 4 heteroatoms. The van der Waals surface area contributed by atoms with Gasteiger partial charge in [-0.05, 0) is 63.5 Å². The van der Waals surface area contributed by atoms with Gasteiger partial charge in [0.1, 0.15) is 0 Å². The lowest BCUT2D eigenvalue weighted by atomic mass is 9.73. The van der Waals surface area contributed by atoms with Gasteiger partial charge in [0.25, 0.3) is 0 Å². The van der Waals surface area contributed by atoms with Crippen LogP contribution in [0.15, 0.2) is 22.7 Å². The van der Waals surface area contributed by atoms with Crippen LogP contribution in [0.5, 0.6) is 0 Å². The second-order valence-electron chi connectivity index (χ2n) is 5.86. The van der Waals surface area contributed by atoms with Crippen LogP contribution in [0.3, 0.4) is 0 Å². The highest BCUT2D eigenvalue weighted by atomic mass is 79.9. The topological polar surface area (TPSA) is 32.3 Å². The third kappa shape index (κ3) is 2.01. The Hall–Kier alpha value is -0.870. The Morgan fingerprint density at radius 2 is 2.00 bits per heavy atom. The van der Waals surface area contributed by atoms with Crippen LogP contribution in [0.2, 0.25) is 0 Å². The quantitative estimate of drug-likeness (QED) is 0.861. The maximum atomic E-state index is 12.5. The van der Waals surface area contributed by atoms with Crippen molar-refractivity contribution in [1.82, 2.24) is 4.90 Å². The van der Waals surface area contributed by atoms with Gasteiger partial charge in [-0.1, -0.05) is 15.9 Å². The van der Waals surface area contributed by atoms with Crippen LogP contribution >= 0.6 is 15.9 Å². The fourth-order valence-electron chi connectivity index (χ4n) is 3.30. The molecule has 3 rings (SSSR count). The van der Waals surface area contributed by atoms with Crippen molar-refractivity contribution >= 4 is 27.5 Å². The number of carbonyl (C=O) groups is 1. The number of hydrogen-bond acceptors (Lipinski definition) is 2. The summed E-state index contributed by atoms with van der Waals surface area (Å²) in [6.45, 7) is 6.43. The second-order valence-corrected chi connectivity index (χ2v) is 6.77. The highest BCUT2D eigenvalue weighted by molar-refractivity contribution is 9.10. The zero-order valence-electron chi connectivity index (χ0n) is 11.4. The summed E-state index contributed by atoms with van der Waals surface area (Å²) in [5, 5.41) is 3.05. The number of amides is 1. The van der Waals surface area contributed by atoms with E-state index in [1.54, 1.807) is 0 Å². The highest BCUT2D eigenvalue weighted by Crippen LogP contribution is 2.45. The standard InChI is InChI=1S/C15H19BrN2O/c1-10(2)18-7-5-15(6-8-18)12-9-11(16)3-4-13(12)17-14(15)19/h3-4,9-10H,5-8H2,1-2H3,(H,17,19). The van der Waals surface area contributed by atoms with E-state index in [0.29, 0.717) is 6.04 Å². The molecule has 0 aliphatic carbocycles. The summed E-state index contributed by atoms with van der Waals surface area (Å²) in [7, 11) is 0. The molecule has 1 amide bonds. The normalized spacial score (nSPS) is 21.8. The van der Waals surface area contributed by atoms with Gasteiger partial charge in [-0.2, -0.15) is 0 Å². The van der Waals surface area contributed by atoms with E-state index >= 15 is 0 Å². The number of benzene rings is 1. The molecule has 1 saturated heterocycles. The maximum absolute atomic E-state index is 12.5. The van der Waals surface area contributed by atoms with E-state index in [1.165, 1.54) is 5.56 Å². The van der Waals surface area contributed by atoms with Crippen LogP contribution in [0.25, 0.3) is 0 Å². The number of anilines is 1. The largest absolute Gasteiger partial charge is 0.325 e.